The Hall–Kier alpha value is -2.55. The molecule has 0 spiro atoms. The number of pyridine rings is 1. The maximum Gasteiger partial charge on any atom is 0.343 e. The van der Waals surface area contributed by atoms with Gasteiger partial charge in [-0.1, -0.05) is 0 Å². The molecular weight excluding hydrogens is 375 g/mol. The standard InChI is InChI=1S/C19H20F3N3O3/c1-2-28-19(27)11-15(9-3-4-9)24-16-10(18(11)26)12(20)13(21)17(14(16)22)25-7-5-23-6-8-25/h9,23H,2-8H2,1H3,(H,24,26). The number of halogens is 3. The first-order valence-corrected chi connectivity index (χ1v) is 9.34. The van der Waals surface area contributed by atoms with Crippen LogP contribution in [0.2, 0.25) is 0 Å². The van der Waals surface area contributed by atoms with Gasteiger partial charge in [0.1, 0.15) is 11.3 Å². The van der Waals surface area contributed by atoms with E-state index >= 15 is 4.39 Å². The van der Waals surface area contributed by atoms with Gasteiger partial charge in [-0.3, -0.25) is 4.79 Å². The number of rotatable bonds is 4. The molecule has 2 aromatic rings. The van der Waals surface area contributed by atoms with Crippen LogP contribution in [-0.4, -0.2) is 43.7 Å². The summed E-state index contributed by atoms with van der Waals surface area (Å²) >= 11 is 0. The molecule has 1 aliphatic carbocycles. The van der Waals surface area contributed by atoms with Crippen LogP contribution in [0.3, 0.4) is 0 Å². The number of nitrogens with zero attached hydrogens (tertiary/aromatic N) is 1. The van der Waals surface area contributed by atoms with Gasteiger partial charge in [0.15, 0.2) is 17.5 Å². The number of benzene rings is 1. The normalized spacial score (nSPS) is 17.2. The first-order valence-electron chi connectivity index (χ1n) is 9.34. The number of carbonyl (C=O) groups excluding carboxylic acids is 1. The number of aromatic amines is 1. The van der Waals surface area contributed by atoms with Crippen molar-refractivity contribution in [3.8, 4) is 0 Å². The summed E-state index contributed by atoms with van der Waals surface area (Å²) in [4.78, 5) is 29.3. The van der Waals surface area contributed by atoms with Crippen molar-refractivity contribution in [3.05, 3.63) is 38.9 Å². The van der Waals surface area contributed by atoms with Crippen LogP contribution < -0.4 is 15.6 Å². The molecule has 1 aliphatic heterocycles. The van der Waals surface area contributed by atoms with Gasteiger partial charge in [0.2, 0.25) is 5.43 Å². The maximum absolute atomic E-state index is 15.3. The Morgan fingerprint density at radius 1 is 1.14 bits per heavy atom. The SMILES string of the molecule is CCOC(=O)c1c(C2CC2)[nH]c2c(F)c(N3CCNCC3)c(F)c(F)c2c1=O. The second-order valence-electron chi connectivity index (χ2n) is 7.02. The smallest absolute Gasteiger partial charge is 0.343 e. The van der Waals surface area contributed by atoms with E-state index < -0.39 is 45.4 Å². The number of hydrogen-bond acceptors (Lipinski definition) is 5. The zero-order chi connectivity index (χ0) is 20.0. The van der Waals surface area contributed by atoms with Crippen molar-refractivity contribution in [2.24, 2.45) is 0 Å². The zero-order valence-electron chi connectivity index (χ0n) is 15.3. The Balaban J connectivity index is 2.00. The Morgan fingerprint density at radius 2 is 1.82 bits per heavy atom. The van der Waals surface area contributed by atoms with E-state index in [4.69, 9.17) is 4.74 Å². The molecular formula is C19H20F3N3O3. The van der Waals surface area contributed by atoms with Gasteiger partial charge in [0.05, 0.1) is 17.5 Å². The van der Waals surface area contributed by atoms with Crippen LogP contribution in [0.15, 0.2) is 4.79 Å². The molecule has 0 unspecified atom stereocenters. The lowest BCUT2D eigenvalue weighted by atomic mass is 10.0. The van der Waals surface area contributed by atoms with Crippen LogP contribution >= 0.6 is 0 Å². The molecule has 6 nitrogen and oxygen atoms in total. The number of aromatic nitrogens is 1. The summed E-state index contributed by atoms with van der Waals surface area (Å²) in [7, 11) is 0. The average Bonchev–Trinajstić information content (AvgIpc) is 3.52. The summed E-state index contributed by atoms with van der Waals surface area (Å²) in [6.45, 7) is 3.21. The van der Waals surface area contributed by atoms with Crippen LogP contribution in [0.4, 0.5) is 18.9 Å². The lowest BCUT2D eigenvalue weighted by molar-refractivity contribution is 0.0523. The van der Waals surface area contributed by atoms with Crippen molar-refractivity contribution in [3.63, 3.8) is 0 Å². The number of carbonyl (C=O) groups is 1. The molecule has 9 heteroatoms. The van der Waals surface area contributed by atoms with Gasteiger partial charge >= 0.3 is 5.97 Å². The summed E-state index contributed by atoms with van der Waals surface area (Å²) in [5, 5.41) is 2.27. The third-order valence-corrected chi connectivity index (χ3v) is 5.18. The van der Waals surface area contributed by atoms with Crippen molar-refractivity contribution in [2.75, 3.05) is 37.7 Å². The molecule has 0 atom stereocenters. The maximum atomic E-state index is 15.3. The molecule has 0 radical (unpaired) electrons. The molecule has 1 aromatic carbocycles. The van der Waals surface area contributed by atoms with Crippen molar-refractivity contribution in [2.45, 2.75) is 25.7 Å². The minimum Gasteiger partial charge on any atom is -0.462 e. The van der Waals surface area contributed by atoms with Gasteiger partial charge in [-0.15, -0.1) is 0 Å². The third-order valence-electron chi connectivity index (χ3n) is 5.18. The van der Waals surface area contributed by atoms with E-state index in [0.717, 1.165) is 0 Å². The van der Waals surface area contributed by atoms with E-state index in [1.54, 1.807) is 6.92 Å². The topological polar surface area (TPSA) is 74.4 Å². The third kappa shape index (κ3) is 2.94. The Labute approximate surface area is 158 Å². The lowest BCUT2D eigenvalue weighted by Crippen LogP contribution is -2.44. The number of nitrogens with one attached hydrogen (secondary N) is 2. The largest absolute Gasteiger partial charge is 0.462 e. The van der Waals surface area contributed by atoms with Crippen LogP contribution in [-0.2, 0) is 4.74 Å². The molecule has 1 saturated carbocycles. The fourth-order valence-electron chi connectivity index (χ4n) is 3.67. The molecule has 150 valence electrons. The monoisotopic (exact) mass is 395 g/mol. The second-order valence-corrected chi connectivity index (χ2v) is 7.02. The van der Waals surface area contributed by atoms with Crippen molar-refractivity contribution in [1.29, 1.82) is 0 Å². The molecule has 2 heterocycles. The summed E-state index contributed by atoms with van der Waals surface area (Å²) in [6, 6.07) is 0. The number of fused-ring (bicyclic) bond motifs is 1. The van der Waals surface area contributed by atoms with Gasteiger partial charge in [0.25, 0.3) is 0 Å². The average molecular weight is 395 g/mol. The first-order chi connectivity index (χ1) is 13.5. The van der Waals surface area contributed by atoms with Crippen LogP contribution in [0, 0.1) is 17.5 Å². The van der Waals surface area contributed by atoms with Crippen molar-refractivity contribution in [1.82, 2.24) is 10.3 Å². The van der Waals surface area contributed by atoms with Crippen LogP contribution in [0.25, 0.3) is 10.9 Å². The summed E-state index contributed by atoms with van der Waals surface area (Å²) in [6.07, 6.45) is 1.42. The number of esters is 1. The zero-order valence-corrected chi connectivity index (χ0v) is 15.3. The van der Waals surface area contributed by atoms with Crippen LogP contribution in [0.1, 0.15) is 41.7 Å². The lowest BCUT2D eigenvalue weighted by Gasteiger charge is -2.30. The number of ether oxygens (including phenoxy) is 1. The first kappa shape index (κ1) is 18.8. The summed E-state index contributed by atoms with van der Waals surface area (Å²) in [5.41, 5.74) is -2.09. The van der Waals surface area contributed by atoms with Gasteiger partial charge in [-0.05, 0) is 19.8 Å². The van der Waals surface area contributed by atoms with Gasteiger partial charge < -0.3 is 19.9 Å². The second kappa shape index (κ2) is 7.12. The fourth-order valence-corrected chi connectivity index (χ4v) is 3.67. The summed E-state index contributed by atoms with van der Waals surface area (Å²) < 4.78 is 49.8. The molecule has 0 amide bonds. The van der Waals surface area contributed by atoms with E-state index in [2.05, 4.69) is 10.3 Å². The summed E-state index contributed by atoms with van der Waals surface area (Å²) in [5.74, 6) is -4.96. The molecule has 0 bridgehead atoms. The highest BCUT2D eigenvalue weighted by molar-refractivity contribution is 5.96. The van der Waals surface area contributed by atoms with Crippen molar-refractivity contribution >= 4 is 22.6 Å². The van der Waals surface area contributed by atoms with Crippen molar-refractivity contribution < 1.29 is 22.7 Å². The van der Waals surface area contributed by atoms with E-state index in [9.17, 15) is 18.4 Å². The molecule has 1 saturated heterocycles. The minimum absolute atomic E-state index is 0.0214. The fraction of sp³-hybridized carbons (Fsp3) is 0.474. The van der Waals surface area contributed by atoms with Crippen LogP contribution in [0.5, 0.6) is 0 Å². The Bertz CT molecular complexity index is 1010. The highest BCUT2D eigenvalue weighted by atomic mass is 19.2. The minimum atomic E-state index is -1.46. The highest BCUT2D eigenvalue weighted by Gasteiger charge is 2.35. The van der Waals surface area contributed by atoms with Gasteiger partial charge in [0, 0.05) is 37.8 Å². The molecule has 4 rings (SSSR count). The predicted molar refractivity (Wildman–Crippen MR) is 97.5 cm³/mol. The Morgan fingerprint density at radius 3 is 2.43 bits per heavy atom. The van der Waals surface area contributed by atoms with E-state index in [1.807, 2.05) is 0 Å². The molecule has 2 aliphatic rings. The molecule has 1 aromatic heterocycles. The number of hydrogen-bond donors (Lipinski definition) is 2. The van der Waals surface area contributed by atoms with E-state index in [1.165, 1.54) is 4.90 Å². The quantitative estimate of drug-likeness (QED) is 0.614. The Kier molecular flexibility index (Phi) is 4.78. The molecule has 28 heavy (non-hydrogen) atoms. The number of H-pyrrole nitrogens is 1. The van der Waals surface area contributed by atoms with E-state index in [0.29, 0.717) is 39.0 Å². The molecule has 2 fully saturated rings. The van der Waals surface area contributed by atoms with Gasteiger partial charge in [-0.25, -0.2) is 18.0 Å². The molecule has 2 N–H and O–H groups in total. The van der Waals surface area contributed by atoms with Gasteiger partial charge in [-0.2, -0.15) is 0 Å². The number of piperazine rings is 1. The van der Waals surface area contributed by atoms with E-state index in [-0.39, 0.29) is 23.8 Å². The number of anilines is 1. The highest BCUT2D eigenvalue weighted by Crippen LogP contribution is 2.42. The predicted octanol–water partition coefficient (Wildman–Crippen LogP) is 2.41.